The van der Waals surface area contributed by atoms with Gasteiger partial charge >= 0.3 is 0 Å². The summed E-state index contributed by atoms with van der Waals surface area (Å²) >= 11 is 0. The summed E-state index contributed by atoms with van der Waals surface area (Å²) in [6.45, 7) is 9.04. The predicted octanol–water partition coefficient (Wildman–Crippen LogP) is 3.57. The van der Waals surface area contributed by atoms with Gasteiger partial charge in [-0.1, -0.05) is 104 Å². The summed E-state index contributed by atoms with van der Waals surface area (Å²) in [5, 5.41) is 0. The van der Waals surface area contributed by atoms with Gasteiger partial charge in [0.05, 0.1) is 19.6 Å². The quantitative estimate of drug-likeness (QED) is 0.343. The molecule has 1 nitrogen and oxygen atoms in total. The lowest BCUT2D eigenvalue weighted by atomic mass is 9.99. The second-order valence-corrected chi connectivity index (χ2v) is 8.85. The van der Waals surface area contributed by atoms with Crippen LogP contribution in [0.2, 0.25) is 0 Å². The average molecular weight is 388 g/mol. The van der Waals surface area contributed by atoms with Crippen LogP contribution in [0.15, 0.2) is 0 Å². The van der Waals surface area contributed by atoms with Crippen molar-refractivity contribution in [2.45, 2.75) is 129 Å². The Labute approximate surface area is 172 Å². The van der Waals surface area contributed by atoms with Gasteiger partial charge in [-0.2, -0.15) is 0 Å². The molecule has 0 aromatic carbocycles. The zero-order valence-electron chi connectivity index (χ0n) is 18.3. The van der Waals surface area contributed by atoms with Gasteiger partial charge in [0.15, 0.2) is 0 Å². The SMILES string of the molecule is CCCCCCCCCCC1CC[NH+](CCCCCCCCCC)C1.[Cl-]. The Kier molecular flexibility index (Phi) is 20.2. The lowest BCUT2D eigenvalue weighted by Gasteiger charge is -2.13. The molecule has 0 aromatic heterocycles. The van der Waals surface area contributed by atoms with Crippen LogP contribution in [0.1, 0.15) is 129 Å². The zero-order chi connectivity index (χ0) is 18.0. The van der Waals surface area contributed by atoms with Crippen molar-refractivity contribution in [3.8, 4) is 0 Å². The van der Waals surface area contributed by atoms with Crippen LogP contribution in [0.3, 0.4) is 0 Å². The van der Waals surface area contributed by atoms with Crippen molar-refractivity contribution in [1.29, 1.82) is 0 Å². The first kappa shape index (κ1) is 26.2. The predicted molar refractivity (Wildman–Crippen MR) is 114 cm³/mol. The molecule has 1 saturated heterocycles. The van der Waals surface area contributed by atoms with E-state index in [0.29, 0.717) is 0 Å². The molecule has 1 fully saturated rings. The normalized spacial score (nSPS) is 19.6. The van der Waals surface area contributed by atoms with Crippen molar-refractivity contribution >= 4 is 0 Å². The Morgan fingerprint density at radius 1 is 0.615 bits per heavy atom. The molecule has 0 amide bonds. The number of hydrogen-bond donors (Lipinski definition) is 1. The molecule has 26 heavy (non-hydrogen) atoms. The first-order chi connectivity index (χ1) is 12.4. The molecule has 2 heteroatoms. The van der Waals surface area contributed by atoms with E-state index in [9.17, 15) is 0 Å². The van der Waals surface area contributed by atoms with Gasteiger partial charge in [0.2, 0.25) is 0 Å². The van der Waals surface area contributed by atoms with Gasteiger partial charge < -0.3 is 17.3 Å². The third-order valence-corrected chi connectivity index (χ3v) is 6.33. The number of rotatable bonds is 18. The second kappa shape index (κ2) is 20.0. The highest BCUT2D eigenvalue weighted by molar-refractivity contribution is 4.63. The highest BCUT2D eigenvalue weighted by Gasteiger charge is 2.24. The number of likely N-dealkylation sites (tertiary alicyclic amines) is 1. The molecular weight excluding hydrogens is 338 g/mol. The molecular formula is C24H50ClN. The molecule has 158 valence electrons. The van der Waals surface area contributed by atoms with Crippen LogP contribution in [-0.2, 0) is 0 Å². The van der Waals surface area contributed by atoms with Gasteiger partial charge in [-0.15, -0.1) is 0 Å². The maximum absolute atomic E-state index is 2.31. The summed E-state index contributed by atoms with van der Waals surface area (Å²) in [7, 11) is 0. The smallest absolute Gasteiger partial charge is 0.0801 e. The van der Waals surface area contributed by atoms with E-state index in [4.69, 9.17) is 0 Å². The summed E-state index contributed by atoms with van der Waals surface area (Å²) in [6.07, 6.45) is 26.5. The molecule has 0 saturated carbocycles. The van der Waals surface area contributed by atoms with Crippen LogP contribution in [0.5, 0.6) is 0 Å². The van der Waals surface area contributed by atoms with Gasteiger partial charge in [-0.25, -0.2) is 0 Å². The zero-order valence-corrected chi connectivity index (χ0v) is 19.1. The van der Waals surface area contributed by atoms with Crippen LogP contribution in [0.4, 0.5) is 0 Å². The van der Waals surface area contributed by atoms with Crippen molar-refractivity contribution in [3.63, 3.8) is 0 Å². The highest BCUT2D eigenvalue weighted by Crippen LogP contribution is 2.16. The lowest BCUT2D eigenvalue weighted by molar-refractivity contribution is -0.889. The Bertz CT molecular complexity index is 243. The van der Waals surface area contributed by atoms with E-state index < -0.39 is 0 Å². The van der Waals surface area contributed by atoms with E-state index in [2.05, 4.69) is 13.8 Å². The van der Waals surface area contributed by atoms with E-state index in [1.54, 1.807) is 0 Å². The first-order valence-corrected chi connectivity index (χ1v) is 12.2. The van der Waals surface area contributed by atoms with Gasteiger partial charge in [-0.05, 0) is 19.3 Å². The van der Waals surface area contributed by atoms with Crippen LogP contribution in [-0.4, -0.2) is 19.6 Å². The fourth-order valence-corrected chi connectivity index (χ4v) is 4.57. The molecule has 0 radical (unpaired) electrons. The minimum absolute atomic E-state index is 0. The minimum atomic E-state index is 0. The highest BCUT2D eigenvalue weighted by atomic mass is 35.5. The van der Waals surface area contributed by atoms with Crippen molar-refractivity contribution in [1.82, 2.24) is 0 Å². The molecule has 1 aliphatic rings. The summed E-state index contributed by atoms with van der Waals surface area (Å²) in [5.74, 6) is 1.06. The van der Waals surface area contributed by atoms with E-state index in [1.165, 1.54) is 135 Å². The molecule has 1 heterocycles. The molecule has 2 atom stereocenters. The van der Waals surface area contributed by atoms with Gasteiger partial charge in [0, 0.05) is 12.3 Å². The first-order valence-electron chi connectivity index (χ1n) is 12.2. The van der Waals surface area contributed by atoms with Crippen LogP contribution < -0.4 is 17.3 Å². The number of quaternary nitrogens is 1. The average Bonchev–Trinajstić information content (AvgIpc) is 3.07. The molecule has 1 rings (SSSR count). The standard InChI is InChI=1S/C24H49N.ClH/c1-3-5-7-9-11-13-15-17-19-24-20-22-25(23-24)21-18-16-14-12-10-8-6-4-2;/h24H,3-23H2,1-2H3;1H. The van der Waals surface area contributed by atoms with Crippen LogP contribution in [0.25, 0.3) is 0 Å². The summed E-state index contributed by atoms with van der Waals surface area (Å²) in [6, 6.07) is 0. The minimum Gasteiger partial charge on any atom is -1.00 e. The second-order valence-electron chi connectivity index (χ2n) is 8.85. The Morgan fingerprint density at radius 3 is 1.62 bits per heavy atom. The fraction of sp³-hybridized carbons (Fsp3) is 1.00. The fourth-order valence-electron chi connectivity index (χ4n) is 4.57. The van der Waals surface area contributed by atoms with Crippen LogP contribution in [0, 0.1) is 5.92 Å². The molecule has 1 N–H and O–H groups in total. The van der Waals surface area contributed by atoms with E-state index >= 15 is 0 Å². The Morgan fingerprint density at radius 2 is 1.08 bits per heavy atom. The largest absolute Gasteiger partial charge is 1.00 e. The summed E-state index contributed by atoms with van der Waals surface area (Å²) in [4.78, 5) is 1.93. The molecule has 0 spiro atoms. The summed E-state index contributed by atoms with van der Waals surface area (Å²) in [5.41, 5.74) is 0. The van der Waals surface area contributed by atoms with Crippen molar-refractivity contribution in [3.05, 3.63) is 0 Å². The number of hydrogen-bond acceptors (Lipinski definition) is 0. The molecule has 0 aliphatic carbocycles. The number of nitrogens with one attached hydrogen (secondary N) is 1. The maximum atomic E-state index is 2.31. The van der Waals surface area contributed by atoms with Crippen molar-refractivity contribution in [2.24, 2.45) is 5.92 Å². The van der Waals surface area contributed by atoms with E-state index in [1.807, 2.05) is 4.90 Å². The Balaban J connectivity index is 0.00000625. The van der Waals surface area contributed by atoms with Crippen molar-refractivity contribution in [2.75, 3.05) is 19.6 Å². The topological polar surface area (TPSA) is 4.44 Å². The van der Waals surface area contributed by atoms with Gasteiger partial charge in [-0.3, -0.25) is 0 Å². The molecule has 0 bridgehead atoms. The van der Waals surface area contributed by atoms with E-state index in [-0.39, 0.29) is 12.4 Å². The monoisotopic (exact) mass is 387 g/mol. The third kappa shape index (κ3) is 15.3. The van der Waals surface area contributed by atoms with Crippen LogP contribution >= 0.6 is 0 Å². The number of unbranched alkanes of at least 4 members (excludes halogenated alkanes) is 14. The Hall–Kier alpha value is 0.250. The van der Waals surface area contributed by atoms with Crippen molar-refractivity contribution < 1.29 is 17.3 Å². The van der Waals surface area contributed by atoms with Gasteiger partial charge in [0.25, 0.3) is 0 Å². The molecule has 0 aromatic rings. The lowest BCUT2D eigenvalue weighted by Crippen LogP contribution is -3.10. The molecule has 2 unspecified atom stereocenters. The number of halogens is 1. The maximum Gasteiger partial charge on any atom is 0.0801 e. The van der Waals surface area contributed by atoms with Gasteiger partial charge in [0.1, 0.15) is 0 Å². The molecule has 1 aliphatic heterocycles. The summed E-state index contributed by atoms with van der Waals surface area (Å²) < 4.78 is 0. The third-order valence-electron chi connectivity index (χ3n) is 6.33. The van der Waals surface area contributed by atoms with E-state index in [0.717, 1.165) is 5.92 Å².